The lowest BCUT2D eigenvalue weighted by Crippen LogP contribution is -2.10. The van der Waals surface area contributed by atoms with Gasteiger partial charge in [-0.05, 0) is 6.92 Å². The fourth-order valence-corrected chi connectivity index (χ4v) is 2.29. The first-order valence-electron chi connectivity index (χ1n) is 5.07. The summed E-state index contributed by atoms with van der Waals surface area (Å²) < 4.78 is 3.40. The molecule has 0 aliphatic carbocycles. The smallest absolute Gasteiger partial charge is 0.235 e. The van der Waals surface area contributed by atoms with Gasteiger partial charge in [0, 0.05) is 6.54 Å². The minimum atomic E-state index is 0.535. The number of hydrogen-bond donors (Lipinski definition) is 1. The first-order valence-corrected chi connectivity index (χ1v) is 5.89. The van der Waals surface area contributed by atoms with Crippen molar-refractivity contribution in [2.75, 3.05) is 6.54 Å². The van der Waals surface area contributed by atoms with E-state index >= 15 is 0 Å². The number of nitrogens with zero attached hydrogens (tertiary/aromatic N) is 7. The molecule has 0 saturated carbocycles. The molecule has 17 heavy (non-hydrogen) atoms. The standard InChI is InChI=1S/C8H10N8S/c1-5-10-12-8-16(5)13-7(17-8)6-4-15(3-2-9)14-11-6/h4H,2-3,9H2,1H3. The van der Waals surface area contributed by atoms with Gasteiger partial charge in [-0.3, -0.25) is 4.68 Å². The molecule has 3 aromatic heterocycles. The van der Waals surface area contributed by atoms with Crippen molar-refractivity contribution in [1.82, 2.24) is 34.8 Å². The zero-order valence-corrected chi connectivity index (χ0v) is 9.92. The van der Waals surface area contributed by atoms with Crippen LogP contribution in [0.3, 0.4) is 0 Å². The van der Waals surface area contributed by atoms with Crippen LogP contribution in [0.5, 0.6) is 0 Å². The molecular weight excluding hydrogens is 240 g/mol. The maximum Gasteiger partial charge on any atom is 0.235 e. The van der Waals surface area contributed by atoms with Crippen molar-refractivity contribution in [2.24, 2.45) is 5.73 Å². The molecule has 0 spiro atoms. The number of aryl methyl sites for hydroxylation is 1. The third-order valence-electron chi connectivity index (χ3n) is 2.26. The predicted octanol–water partition coefficient (Wildman–Crippen LogP) is -0.289. The van der Waals surface area contributed by atoms with Gasteiger partial charge in [0.25, 0.3) is 0 Å². The Morgan fingerprint density at radius 1 is 1.35 bits per heavy atom. The van der Waals surface area contributed by atoms with Gasteiger partial charge >= 0.3 is 0 Å². The van der Waals surface area contributed by atoms with E-state index in [9.17, 15) is 0 Å². The van der Waals surface area contributed by atoms with Crippen LogP contribution in [0.4, 0.5) is 0 Å². The molecule has 0 aliphatic heterocycles. The number of rotatable bonds is 3. The molecule has 0 amide bonds. The lowest BCUT2D eigenvalue weighted by molar-refractivity contribution is 0.598. The van der Waals surface area contributed by atoms with Gasteiger partial charge in [-0.2, -0.15) is 9.61 Å². The van der Waals surface area contributed by atoms with E-state index in [1.165, 1.54) is 11.3 Å². The van der Waals surface area contributed by atoms with Crippen LogP contribution in [0.25, 0.3) is 15.7 Å². The molecule has 88 valence electrons. The zero-order chi connectivity index (χ0) is 11.8. The third-order valence-corrected chi connectivity index (χ3v) is 3.18. The zero-order valence-electron chi connectivity index (χ0n) is 9.11. The Hall–Kier alpha value is -1.87. The van der Waals surface area contributed by atoms with E-state index in [0.717, 1.165) is 21.5 Å². The van der Waals surface area contributed by atoms with Crippen LogP contribution >= 0.6 is 11.3 Å². The predicted molar refractivity (Wildman–Crippen MR) is 61.5 cm³/mol. The molecule has 3 aromatic rings. The average Bonchev–Trinajstić information content (AvgIpc) is 2.96. The molecule has 0 aromatic carbocycles. The largest absolute Gasteiger partial charge is 0.329 e. The Labute approximate surface area is 100 Å². The number of fused-ring (bicyclic) bond motifs is 1. The van der Waals surface area contributed by atoms with E-state index in [0.29, 0.717) is 13.1 Å². The Bertz CT molecular complexity index is 649. The molecule has 8 nitrogen and oxygen atoms in total. The van der Waals surface area contributed by atoms with Crippen LogP contribution in [0.15, 0.2) is 6.20 Å². The van der Waals surface area contributed by atoms with Crippen molar-refractivity contribution in [1.29, 1.82) is 0 Å². The van der Waals surface area contributed by atoms with Gasteiger partial charge in [0.1, 0.15) is 5.69 Å². The second kappa shape index (κ2) is 3.86. The molecule has 3 heterocycles. The van der Waals surface area contributed by atoms with Gasteiger partial charge in [0.15, 0.2) is 10.8 Å². The van der Waals surface area contributed by atoms with Crippen molar-refractivity contribution in [3.63, 3.8) is 0 Å². The second-order valence-electron chi connectivity index (χ2n) is 3.50. The lowest BCUT2D eigenvalue weighted by atomic mass is 10.5. The lowest BCUT2D eigenvalue weighted by Gasteiger charge is -1.92. The summed E-state index contributed by atoms with van der Waals surface area (Å²) in [6.45, 7) is 3.04. The normalized spacial score (nSPS) is 11.4. The SMILES string of the molecule is Cc1nnc2sc(-c3cn(CCN)nn3)nn12. The van der Waals surface area contributed by atoms with Crippen LogP contribution in [0.1, 0.15) is 5.82 Å². The highest BCUT2D eigenvalue weighted by molar-refractivity contribution is 7.19. The highest BCUT2D eigenvalue weighted by Gasteiger charge is 2.13. The Kier molecular flexibility index (Phi) is 2.34. The fraction of sp³-hybridized carbons (Fsp3) is 0.375. The Balaban J connectivity index is 2.01. The van der Waals surface area contributed by atoms with E-state index in [-0.39, 0.29) is 0 Å². The molecule has 0 atom stereocenters. The Morgan fingerprint density at radius 3 is 3.00 bits per heavy atom. The summed E-state index contributed by atoms with van der Waals surface area (Å²) in [4.78, 5) is 0.755. The van der Waals surface area contributed by atoms with Gasteiger partial charge in [0.2, 0.25) is 4.96 Å². The van der Waals surface area contributed by atoms with Crippen molar-refractivity contribution in [3.05, 3.63) is 12.0 Å². The molecule has 3 rings (SSSR count). The average molecular weight is 250 g/mol. The molecule has 9 heteroatoms. The summed E-state index contributed by atoms with van der Waals surface area (Å²) in [6.07, 6.45) is 1.83. The van der Waals surface area contributed by atoms with Gasteiger partial charge in [-0.15, -0.1) is 15.3 Å². The van der Waals surface area contributed by atoms with Crippen LogP contribution in [-0.4, -0.2) is 41.4 Å². The van der Waals surface area contributed by atoms with Crippen LogP contribution < -0.4 is 5.73 Å². The molecule has 0 radical (unpaired) electrons. The molecule has 0 unspecified atom stereocenters. The minimum Gasteiger partial charge on any atom is -0.329 e. The number of hydrogen-bond acceptors (Lipinski definition) is 7. The van der Waals surface area contributed by atoms with Crippen LogP contribution in [0.2, 0.25) is 0 Å². The van der Waals surface area contributed by atoms with E-state index in [1.54, 1.807) is 9.20 Å². The molecule has 0 aliphatic rings. The summed E-state index contributed by atoms with van der Waals surface area (Å²) in [5.41, 5.74) is 6.18. The van der Waals surface area contributed by atoms with Crippen molar-refractivity contribution in [2.45, 2.75) is 13.5 Å². The van der Waals surface area contributed by atoms with Crippen molar-refractivity contribution >= 4 is 16.3 Å². The summed E-state index contributed by atoms with van der Waals surface area (Å²) in [5.74, 6) is 0.761. The van der Waals surface area contributed by atoms with Crippen LogP contribution in [-0.2, 0) is 6.54 Å². The summed E-state index contributed by atoms with van der Waals surface area (Å²) >= 11 is 1.43. The summed E-state index contributed by atoms with van der Waals surface area (Å²) in [7, 11) is 0. The summed E-state index contributed by atoms with van der Waals surface area (Å²) in [5, 5.41) is 21.1. The highest BCUT2D eigenvalue weighted by Crippen LogP contribution is 2.22. The molecule has 0 saturated heterocycles. The summed E-state index contributed by atoms with van der Waals surface area (Å²) in [6, 6.07) is 0. The van der Waals surface area contributed by atoms with E-state index in [1.807, 2.05) is 13.1 Å². The quantitative estimate of drug-likeness (QED) is 0.685. The molecular formula is C8H10N8S. The first kappa shape index (κ1) is 10.3. The highest BCUT2D eigenvalue weighted by atomic mass is 32.1. The molecule has 2 N–H and O–H groups in total. The maximum absolute atomic E-state index is 5.45. The van der Waals surface area contributed by atoms with Gasteiger partial charge in [-0.1, -0.05) is 16.6 Å². The third kappa shape index (κ3) is 1.68. The minimum absolute atomic E-state index is 0.535. The molecule has 0 fully saturated rings. The van der Waals surface area contributed by atoms with Crippen molar-refractivity contribution < 1.29 is 0 Å². The van der Waals surface area contributed by atoms with Gasteiger partial charge in [0.05, 0.1) is 12.7 Å². The number of aromatic nitrogens is 7. The monoisotopic (exact) mass is 250 g/mol. The maximum atomic E-state index is 5.45. The molecule has 0 bridgehead atoms. The van der Waals surface area contributed by atoms with Crippen LogP contribution in [0, 0.1) is 6.92 Å². The number of nitrogens with two attached hydrogens (primary N) is 1. The topological polar surface area (TPSA) is 99.8 Å². The Morgan fingerprint density at radius 2 is 2.24 bits per heavy atom. The first-order chi connectivity index (χ1) is 8.28. The second-order valence-corrected chi connectivity index (χ2v) is 4.46. The van der Waals surface area contributed by atoms with Gasteiger partial charge < -0.3 is 5.73 Å². The van der Waals surface area contributed by atoms with E-state index in [2.05, 4.69) is 25.6 Å². The van der Waals surface area contributed by atoms with E-state index in [4.69, 9.17) is 5.73 Å². The van der Waals surface area contributed by atoms with Gasteiger partial charge in [-0.25, -0.2) is 0 Å². The van der Waals surface area contributed by atoms with Crippen molar-refractivity contribution in [3.8, 4) is 10.7 Å². The van der Waals surface area contributed by atoms with E-state index < -0.39 is 0 Å². The fourth-order valence-electron chi connectivity index (χ4n) is 1.46.